The fraction of sp³-hybridized carbons (Fsp3) is 0.250. The van der Waals surface area contributed by atoms with Gasteiger partial charge in [0.05, 0.1) is 23.0 Å². The average molecular weight is 285 g/mol. The molecule has 1 heterocycles. The molecule has 96 valence electrons. The van der Waals surface area contributed by atoms with Gasteiger partial charge in [-0.15, -0.1) is 0 Å². The highest BCUT2D eigenvalue weighted by molar-refractivity contribution is 6.32. The smallest absolute Gasteiger partial charge is 0.0907 e. The molecule has 1 aromatic heterocycles. The quantitative estimate of drug-likeness (QED) is 0.671. The Balaban J connectivity index is 2.52. The van der Waals surface area contributed by atoms with E-state index in [1.54, 1.807) is 10.9 Å². The van der Waals surface area contributed by atoms with Crippen LogP contribution in [0.2, 0.25) is 10.0 Å². The van der Waals surface area contributed by atoms with E-state index in [0.29, 0.717) is 16.6 Å². The van der Waals surface area contributed by atoms with Crippen molar-refractivity contribution < 1.29 is 0 Å². The maximum absolute atomic E-state index is 6.19. The van der Waals surface area contributed by atoms with Crippen molar-refractivity contribution >= 4 is 23.2 Å². The number of hydrogen-bond acceptors (Lipinski definition) is 3. The van der Waals surface area contributed by atoms with Crippen molar-refractivity contribution in [2.24, 2.45) is 5.84 Å². The first-order valence-corrected chi connectivity index (χ1v) is 6.36. The zero-order valence-electron chi connectivity index (χ0n) is 9.90. The maximum Gasteiger partial charge on any atom is 0.0907 e. The van der Waals surface area contributed by atoms with E-state index >= 15 is 0 Å². The van der Waals surface area contributed by atoms with Crippen LogP contribution in [0, 0.1) is 0 Å². The molecular formula is C12H14Cl2N4. The molecule has 0 bridgehead atoms. The zero-order valence-corrected chi connectivity index (χ0v) is 11.4. The van der Waals surface area contributed by atoms with E-state index in [1.807, 2.05) is 31.2 Å². The number of nitrogens with zero attached hydrogens (tertiary/aromatic N) is 2. The lowest BCUT2D eigenvalue weighted by Crippen LogP contribution is -2.31. The summed E-state index contributed by atoms with van der Waals surface area (Å²) in [5.74, 6) is 5.65. The first-order chi connectivity index (χ1) is 8.69. The highest BCUT2D eigenvalue weighted by Gasteiger charge is 2.22. The lowest BCUT2D eigenvalue weighted by Gasteiger charge is -2.19. The summed E-state index contributed by atoms with van der Waals surface area (Å²) in [4.78, 5) is 0. The monoisotopic (exact) mass is 284 g/mol. The third kappa shape index (κ3) is 2.37. The van der Waals surface area contributed by atoms with Crippen LogP contribution < -0.4 is 11.3 Å². The van der Waals surface area contributed by atoms with Crippen LogP contribution in [0.5, 0.6) is 0 Å². The van der Waals surface area contributed by atoms with Gasteiger partial charge in [-0.25, -0.2) is 5.43 Å². The number of rotatable bonds is 4. The summed E-state index contributed by atoms with van der Waals surface area (Å²) in [5.41, 5.74) is 4.44. The van der Waals surface area contributed by atoms with Crippen molar-refractivity contribution in [2.45, 2.75) is 19.5 Å². The third-order valence-electron chi connectivity index (χ3n) is 2.79. The first kappa shape index (κ1) is 13.4. The van der Waals surface area contributed by atoms with Gasteiger partial charge < -0.3 is 0 Å². The molecule has 2 rings (SSSR count). The number of halogens is 2. The van der Waals surface area contributed by atoms with E-state index in [9.17, 15) is 0 Å². The number of aromatic nitrogens is 2. The Kier molecular flexibility index (Phi) is 4.24. The van der Waals surface area contributed by atoms with Crippen molar-refractivity contribution in [1.82, 2.24) is 15.2 Å². The number of nitrogens with one attached hydrogen (secondary N) is 1. The molecule has 0 saturated carbocycles. The van der Waals surface area contributed by atoms with Gasteiger partial charge >= 0.3 is 0 Å². The van der Waals surface area contributed by atoms with Crippen LogP contribution in [0.1, 0.15) is 24.2 Å². The third-order valence-corrected chi connectivity index (χ3v) is 3.42. The fourth-order valence-electron chi connectivity index (χ4n) is 1.94. The minimum atomic E-state index is -0.284. The minimum absolute atomic E-state index is 0.284. The molecule has 18 heavy (non-hydrogen) atoms. The standard InChI is InChI=1S/C12H14Cl2N4/c1-2-18-12(10(14)7-16-18)11(17-15)8-5-3-4-6-9(8)13/h3-7,11,17H,2,15H2,1H3. The maximum atomic E-state index is 6.19. The molecular weight excluding hydrogens is 271 g/mol. The molecule has 0 saturated heterocycles. The molecule has 0 aliphatic rings. The Morgan fingerprint density at radius 2 is 2.06 bits per heavy atom. The minimum Gasteiger partial charge on any atom is -0.271 e. The molecule has 4 nitrogen and oxygen atoms in total. The van der Waals surface area contributed by atoms with Crippen molar-refractivity contribution in [1.29, 1.82) is 0 Å². The summed E-state index contributed by atoms with van der Waals surface area (Å²) < 4.78 is 1.80. The normalized spacial score (nSPS) is 12.7. The summed E-state index contributed by atoms with van der Waals surface area (Å²) in [7, 11) is 0. The molecule has 0 aliphatic heterocycles. The number of hydrazine groups is 1. The first-order valence-electron chi connectivity index (χ1n) is 5.60. The van der Waals surface area contributed by atoms with Gasteiger partial charge in [0.15, 0.2) is 0 Å². The lowest BCUT2D eigenvalue weighted by atomic mass is 10.0. The number of aryl methyl sites for hydroxylation is 1. The van der Waals surface area contributed by atoms with Gasteiger partial charge in [0.25, 0.3) is 0 Å². The van der Waals surface area contributed by atoms with Crippen LogP contribution in [-0.4, -0.2) is 9.78 Å². The largest absolute Gasteiger partial charge is 0.271 e. The predicted octanol–water partition coefficient (Wildman–Crippen LogP) is 2.76. The van der Waals surface area contributed by atoms with E-state index < -0.39 is 0 Å². The summed E-state index contributed by atoms with van der Waals surface area (Å²) in [5, 5.41) is 5.41. The molecule has 2 aromatic rings. The van der Waals surface area contributed by atoms with Gasteiger partial charge in [-0.3, -0.25) is 10.5 Å². The molecule has 1 aromatic carbocycles. The Bertz CT molecular complexity index is 539. The fourth-order valence-corrected chi connectivity index (χ4v) is 2.43. The molecule has 1 atom stereocenters. The second kappa shape index (κ2) is 5.71. The Hall–Kier alpha value is -1.07. The number of benzene rings is 1. The molecule has 0 aliphatic carbocycles. The van der Waals surface area contributed by atoms with Gasteiger partial charge in [-0.1, -0.05) is 41.4 Å². The summed E-state index contributed by atoms with van der Waals surface area (Å²) >= 11 is 12.4. The van der Waals surface area contributed by atoms with Crippen molar-refractivity contribution in [2.75, 3.05) is 0 Å². The summed E-state index contributed by atoms with van der Waals surface area (Å²) in [6, 6.07) is 7.23. The highest BCUT2D eigenvalue weighted by Crippen LogP contribution is 2.31. The highest BCUT2D eigenvalue weighted by atomic mass is 35.5. The molecule has 0 fully saturated rings. The van der Waals surface area contributed by atoms with Gasteiger partial charge in [0.2, 0.25) is 0 Å². The van der Waals surface area contributed by atoms with Crippen LogP contribution >= 0.6 is 23.2 Å². The van der Waals surface area contributed by atoms with Gasteiger partial charge in [0, 0.05) is 11.6 Å². The summed E-state index contributed by atoms with van der Waals surface area (Å²) in [6.07, 6.45) is 1.61. The topological polar surface area (TPSA) is 55.9 Å². The molecule has 0 amide bonds. The molecule has 0 radical (unpaired) electrons. The molecule has 6 heteroatoms. The molecule has 1 unspecified atom stereocenters. The average Bonchev–Trinajstić information content (AvgIpc) is 2.74. The van der Waals surface area contributed by atoms with Gasteiger partial charge in [0.1, 0.15) is 0 Å². The molecule has 0 spiro atoms. The van der Waals surface area contributed by atoms with Crippen molar-refractivity contribution in [3.05, 3.63) is 51.8 Å². The van der Waals surface area contributed by atoms with Crippen LogP contribution in [0.25, 0.3) is 0 Å². The van der Waals surface area contributed by atoms with E-state index in [-0.39, 0.29) is 6.04 Å². The second-order valence-corrected chi connectivity index (χ2v) is 4.63. The number of hydrogen-bond donors (Lipinski definition) is 2. The van der Waals surface area contributed by atoms with Crippen LogP contribution in [0.15, 0.2) is 30.5 Å². The SMILES string of the molecule is CCn1ncc(Cl)c1C(NN)c1ccccc1Cl. The van der Waals surface area contributed by atoms with E-state index in [1.165, 1.54) is 0 Å². The second-order valence-electron chi connectivity index (χ2n) is 3.81. The zero-order chi connectivity index (χ0) is 13.1. The van der Waals surface area contributed by atoms with E-state index in [4.69, 9.17) is 29.0 Å². The Labute approximate surface area is 116 Å². The van der Waals surface area contributed by atoms with Gasteiger partial charge in [-0.2, -0.15) is 5.10 Å². The predicted molar refractivity (Wildman–Crippen MR) is 73.5 cm³/mol. The van der Waals surface area contributed by atoms with Crippen molar-refractivity contribution in [3.63, 3.8) is 0 Å². The van der Waals surface area contributed by atoms with Crippen LogP contribution in [-0.2, 0) is 6.54 Å². The van der Waals surface area contributed by atoms with Crippen molar-refractivity contribution in [3.8, 4) is 0 Å². The Morgan fingerprint density at radius 3 is 2.67 bits per heavy atom. The van der Waals surface area contributed by atoms with Gasteiger partial charge in [-0.05, 0) is 18.6 Å². The van der Waals surface area contributed by atoms with Crippen LogP contribution in [0.3, 0.4) is 0 Å². The van der Waals surface area contributed by atoms with E-state index in [0.717, 1.165) is 11.3 Å². The molecule has 3 N–H and O–H groups in total. The van der Waals surface area contributed by atoms with E-state index in [2.05, 4.69) is 10.5 Å². The number of nitrogens with two attached hydrogens (primary N) is 1. The summed E-state index contributed by atoms with van der Waals surface area (Å²) in [6.45, 7) is 2.71. The lowest BCUT2D eigenvalue weighted by molar-refractivity contribution is 0.544. The van der Waals surface area contributed by atoms with Crippen LogP contribution in [0.4, 0.5) is 0 Å². The Morgan fingerprint density at radius 1 is 1.33 bits per heavy atom.